The molecule has 1 unspecified atom stereocenters. The molecule has 0 aromatic heterocycles. The van der Waals surface area contributed by atoms with Crippen LogP contribution in [-0.4, -0.2) is 36.1 Å². The Hall–Kier alpha value is -2.35. The zero-order chi connectivity index (χ0) is 15.0. The highest BCUT2D eigenvalue weighted by atomic mass is 16.6. The molecule has 21 heavy (non-hydrogen) atoms. The van der Waals surface area contributed by atoms with Crippen LogP contribution < -0.4 is 20.7 Å². The van der Waals surface area contributed by atoms with Gasteiger partial charge in [-0.05, 0) is 26.0 Å². The van der Waals surface area contributed by atoms with Crippen LogP contribution in [0.2, 0.25) is 0 Å². The van der Waals surface area contributed by atoms with E-state index in [4.69, 9.17) is 4.74 Å². The van der Waals surface area contributed by atoms with Crippen molar-refractivity contribution in [3.63, 3.8) is 0 Å². The van der Waals surface area contributed by atoms with Gasteiger partial charge >= 0.3 is 0 Å². The summed E-state index contributed by atoms with van der Waals surface area (Å²) in [4.78, 5) is 22.2. The average Bonchev–Trinajstić information content (AvgIpc) is 2.84. The Morgan fingerprint density at radius 1 is 1.48 bits per heavy atom. The molecule has 2 aliphatic heterocycles. The smallest absolute Gasteiger partial charge is 0.296 e. The van der Waals surface area contributed by atoms with E-state index in [2.05, 4.69) is 16.0 Å². The van der Waals surface area contributed by atoms with Gasteiger partial charge in [0, 0.05) is 12.1 Å². The van der Waals surface area contributed by atoms with Gasteiger partial charge in [0.2, 0.25) is 0 Å². The van der Waals surface area contributed by atoms with Crippen LogP contribution in [0.5, 0.6) is 5.75 Å². The number of fused-ring (bicyclic) bond motifs is 1. The van der Waals surface area contributed by atoms with E-state index in [1.807, 2.05) is 6.92 Å². The van der Waals surface area contributed by atoms with Crippen LogP contribution in [0.3, 0.4) is 0 Å². The first kappa shape index (κ1) is 13.6. The van der Waals surface area contributed by atoms with Crippen LogP contribution in [0, 0.1) is 10.1 Å². The maximum Gasteiger partial charge on any atom is 0.296 e. The van der Waals surface area contributed by atoms with E-state index in [1.165, 1.54) is 6.07 Å². The number of carbonyl (C=O) groups is 1. The number of carbonyl (C=O) groups excluding carboxylic acids is 1. The fraction of sp³-hybridized carbons (Fsp3) is 0.462. The molecule has 112 valence electrons. The molecular weight excluding hydrogens is 276 g/mol. The summed E-state index contributed by atoms with van der Waals surface area (Å²) in [5, 5.41) is 20.4. The quantitative estimate of drug-likeness (QED) is 0.569. The molecule has 1 aromatic rings. The van der Waals surface area contributed by atoms with E-state index in [1.54, 1.807) is 6.07 Å². The maximum absolute atomic E-state index is 11.4. The summed E-state index contributed by atoms with van der Waals surface area (Å²) in [6.45, 7) is 3.47. The molecule has 8 nitrogen and oxygen atoms in total. The Morgan fingerprint density at radius 3 is 2.95 bits per heavy atom. The Balaban J connectivity index is 1.99. The third kappa shape index (κ3) is 2.62. The van der Waals surface area contributed by atoms with Crippen LogP contribution >= 0.6 is 0 Å². The molecule has 1 atom stereocenters. The fourth-order valence-corrected chi connectivity index (χ4v) is 2.62. The summed E-state index contributed by atoms with van der Waals surface area (Å²) in [6.07, 6.45) is 0.865. The van der Waals surface area contributed by atoms with Crippen LogP contribution in [-0.2, 0) is 4.79 Å². The van der Waals surface area contributed by atoms with Gasteiger partial charge in [-0.2, -0.15) is 0 Å². The minimum atomic E-state index is -0.450. The van der Waals surface area contributed by atoms with E-state index in [-0.39, 0.29) is 23.7 Å². The number of anilines is 2. The average molecular weight is 292 g/mol. The van der Waals surface area contributed by atoms with Crippen molar-refractivity contribution in [2.24, 2.45) is 0 Å². The van der Waals surface area contributed by atoms with E-state index < -0.39 is 4.92 Å². The number of hydrogen-bond acceptors (Lipinski definition) is 6. The van der Waals surface area contributed by atoms with E-state index in [0.717, 1.165) is 19.5 Å². The van der Waals surface area contributed by atoms with E-state index >= 15 is 0 Å². The second-order valence-corrected chi connectivity index (χ2v) is 5.57. The van der Waals surface area contributed by atoms with Crippen molar-refractivity contribution in [1.29, 1.82) is 0 Å². The molecule has 0 aliphatic carbocycles. The molecule has 1 aromatic carbocycles. The molecule has 0 radical (unpaired) electrons. The number of nitrogens with one attached hydrogen (secondary N) is 3. The summed E-state index contributed by atoms with van der Waals surface area (Å²) in [6, 6.07) is 2.91. The Morgan fingerprint density at radius 2 is 2.29 bits per heavy atom. The van der Waals surface area contributed by atoms with Crippen molar-refractivity contribution in [1.82, 2.24) is 5.32 Å². The van der Waals surface area contributed by atoms with Crippen molar-refractivity contribution < 1.29 is 14.5 Å². The third-order valence-electron chi connectivity index (χ3n) is 3.73. The molecule has 1 fully saturated rings. The number of nitro benzene ring substituents is 1. The van der Waals surface area contributed by atoms with Crippen molar-refractivity contribution in [2.45, 2.75) is 18.9 Å². The number of benzene rings is 1. The lowest BCUT2D eigenvalue weighted by atomic mass is 10.0. The van der Waals surface area contributed by atoms with Crippen LogP contribution in [0.4, 0.5) is 17.1 Å². The number of amides is 1. The normalized spacial score (nSPS) is 24.0. The SMILES string of the molecule is CC1(Nc2cc3c(cc2[N+](=O)[O-])OCC(=O)N3)CCNC1. The summed E-state index contributed by atoms with van der Waals surface area (Å²) in [7, 11) is 0. The lowest BCUT2D eigenvalue weighted by molar-refractivity contribution is -0.384. The molecule has 0 saturated carbocycles. The van der Waals surface area contributed by atoms with Gasteiger partial charge in [0.05, 0.1) is 16.7 Å². The first-order valence-electron chi connectivity index (χ1n) is 6.71. The molecule has 3 N–H and O–H groups in total. The molecular formula is C13H16N4O4. The van der Waals surface area contributed by atoms with Crippen molar-refractivity contribution in [3.8, 4) is 5.75 Å². The zero-order valence-corrected chi connectivity index (χ0v) is 11.6. The van der Waals surface area contributed by atoms with Gasteiger partial charge < -0.3 is 20.7 Å². The second kappa shape index (κ2) is 4.88. The van der Waals surface area contributed by atoms with Gasteiger partial charge in [0.15, 0.2) is 12.4 Å². The third-order valence-corrected chi connectivity index (χ3v) is 3.73. The zero-order valence-electron chi connectivity index (χ0n) is 11.6. The van der Waals surface area contributed by atoms with Crippen LogP contribution in [0.25, 0.3) is 0 Å². The van der Waals surface area contributed by atoms with Gasteiger partial charge in [0.25, 0.3) is 11.6 Å². The first-order chi connectivity index (χ1) is 9.97. The standard InChI is InChI=1S/C13H16N4O4/c1-13(2-3-14-7-13)16-8-4-9-11(5-10(8)17(19)20)21-6-12(18)15-9/h4-5,14,16H,2-3,6-7H2,1H3,(H,15,18). The van der Waals surface area contributed by atoms with Gasteiger partial charge in [-0.15, -0.1) is 0 Å². The summed E-state index contributed by atoms with van der Waals surface area (Å²) in [5.74, 6) is 0.0533. The number of nitrogens with zero attached hydrogens (tertiary/aromatic N) is 1. The Labute approximate surface area is 121 Å². The van der Waals surface area contributed by atoms with Gasteiger partial charge in [-0.1, -0.05) is 0 Å². The van der Waals surface area contributed by atoms with E-state index in [9.17, 15) is 14.9 Å². The van der Waals surface area contributed by atoms with Crippen molar-refractivity contribution in [2.75, 3.05) is 30.3 Å². The number of rotatable bonds is 3. The predicted octanol–water partition coefficient (Wildman–Crippen LogP) is 1.09. The Kier molecular flexibility index (Phi) is 3.17. The maximum atomic E-state index is 11.4. The van der Waals surface area contributed by atoms with Crippen LogP contribution in [0.1, 0.15) is 13.3 Å². The van der Waals surface area contributed by atoms with Gasteiger partial charge in [0.1, 0.15) is 5.69 Å². The summed E-state index contributed by atoms with van der Waals surface area (Å²) < 4.78 is 5.22. The lowest BCUT2D eigenvalue weighted by Crippen LogP contribution is -2.37. The van der Waals surface area contributed by atoms with Gasteiger partial charge in [-0.25, -0.2) is 0 Å². The highest BCUT2D eigenvalue weighted by Gasteiger charge is 2.32. The lowest BCUT2D eigenvalue weighted by Gasteiger charge is -2.27. The number of ether oxygens (including phenoxy) is 1. The summed E-state index contributed by atoms with van der Waals surface area (Å²) in [5.41, 5.74) is 0.529. The van der Waals surface area contributed by atoms with Gasteiger partial charge in [-0.3, -0.25) is 14.9 Å². The minimum Gasteiger partial charge on any atom is -0.481 e. The first-order valence-corrected chi connectivity index (χ1v) is 6.71. The second-order valence-electron chi connectivity index (χ2n) is 5.57. The predicted molar refractivity (Wildman–Crippen MR) is 76.7 cm³/mol. The highest BCUT2D eigenvalue weighted by molar-refractivity contribution is 5.96. The van der Waals surface area contributed by atoms with Crippen molar-refractivity contribution >= 4 is 23.0 Å². The topological polar surface area (TPSA) is 106 Å². The Bertz CT molecular complexity index is 610. The molecule has 3 rings (SSSR count). The molecule has 1 amide bonds. The monoisotopic (exact) mass is 292 g/mol. The molecule has 1 saturated heterocycles. The van der Waals surface area contributed by atoms with Crippen LogP contribution in [0.15, 0.2) is 12.1 Å². The number of hydrogen-bond donors (Lipinski definition) is 3. The largest absolute Gasteiger partial charge is 0.481 e. The van der Waals surface area contributed by atoms with E-state index in [0.29, 0.717) is 17.1 Å². The molecule has 2 heterocycles. The molecule has 8 heteroatoms. The molecule has 0 bridgehead atoms. The highest BCUT2D eigenvalue weighted by Crippen LogP contribution is 2.39. The summed E-state index contributed by atoms with van der Waals surface area (Å²) >= 11 is 0. The fourth-order valence-electron chi connectivity index (χ4n) is 2.62. The molecule has 2 aliphatic rings. The number of nitro groups is 1. The van der Waals surface area contributed by atoms with Crippen molar-refractivity contribution in [3.05, 3.63) is 22.2 Å². The molecule has 0 spiro atoms. The minimum absolute atomic E-state index is 0.0574.